The maximum Gasteiger partial charge on any atom is 0.223 e. The predicted molar refractivity (Wildman–Crippen MR) is 98.4 cm³/mol. The molecule has 0 radical (unpaired) electrons. The van der Waals surface area contributed by atoms with Crippen LogP contribution in [-0.4, -0.2) is 48.7 Å². The van der Waals surface area contributed by atoms with Crippen molar-refractivity contribution in [1.82, 2.24) is 10.2 Å². The van der Waals surface area contributed by atoms with Crippen LogP contribution in [0.4, 0.5) is 0 Å². The average Bonchev–Trinajstić information content (AvgIpc) is 3.26. The Kier molecular flexibility index (Phi) is 5.37. The fourth-order valence-corrected chi connectivity index (χ4v) is 4.88. The minimum absolute atomic E-state index is 0.273. The molecule has 4 nitrogen and oxygen atoms in total. The first kappa shape index (κ1) is 17.0. The molecule has 25 heavy (non-hydrogen) atoms. The number of ether oxygens (including phenoxy) is 1. The Morgan fingerprint density at radius 3 is 2.56 bits per heavy atom. The SMILES string of the molecule is O=C(CC1CC2CCC(C1)N2)N(CCc1ccccc1)C1CCOC1. The van der Waals surface area contributed by atoms with E-state index in [1.54, 1.807) is 0 Å². The van der Waals surface area contributed by atoms with Gasteiger partial charge in [-0.3, -0.25) is 4.79 Å². The lowest BCUT2D eigenvalue weighted by molar-refractivity contribution is -0.134. The minimum atomic E-state index is 0.273. The molecule has 4 rings (SSSR count). The summed E-state index contributed by atoms with van der Waals surface area (Å²) in [7, 11) is 0. The van der Waals surface area contributed by atoms with E-state index in [0.717, 1.165) is 32.4 Å². The summed E-state index contributed by atoms with van der Waals surface area (Å²) < 4.78 is 5.57. The number of rotatable bonds is 6. The smallest absolute Gasteiger partial charge is 0.223 e. The molecule has 3 unspecified atom stereocenters. The summed E-state index contributed by atoms with van der Waals surface area (Å²) in [6.45, 7) is 2.31. The fourth-order valence-electron chi connectivity index (χ4n) is 4.88. The summed E-state index contributed by atoms with van der Waals surface area (Å²) in [5.74, 6) is 0.908. The number of carbonyl (C=O) groups is 1. The van der Waals surface area contributed by atoms with E-state index < -0.39 is 0 Å². The number of carbonyl (C=O) groups excluding carboxylic acids is 1. The number of fused-ring (bicyclic) bond motifs is 2. The van der Waals surface area contributed by atoms with Crippen LogP contribution in [0.1, 0.15) is 44.1 Å². The molecule has 1 N–H and O–H groups in total. The molecule has 3 saturated heterocycles. The van der Waals surface area contributed by atoms with Gasteiger partial charge in [-0.15, -0.1) is 0 Å². The van der Waals surface area contributed by atoms with E-state index >= 15 is 0 Å². The van der Waals surface area contributed by atoms with Crippen LogP contribution in [0.15, 0.2) is 30.3 Å². The van der Waals surface area contributed by atoms with E-state index in [4.69, 9.17) is 4.74 Å². The maximum atomic E-state index is 13.1. The van der Waals surface area contributed by atoms with Gasteiger partial charge in [-0.05, 0) is 50.0 Å². The normalized spacial score (nSPS) is 31.2. The number of piperidine rings is 1. The molecule has 0 aromatic heterocycles. The first-order chi connectivity index (χ1) is 12.3. The van der Waals surface area contributed by atoms with Gasteiger partial charge < -0.3 is 15.0 Å². The van der Waals surface area contributed by atoms with Crippen molar-refractivity contribution < 1.29 is 9.53 Å². The third kappa shape index (κ3) is 4.24. The fraction of sp³-hybridized carbons (Fsp3) is 0.667. The van der Waals surface area contributed by atoms with Gasteiger partial charge in [-0.2, -0.15) is 0 Å². The number of amides is 1. The van der Waals surface area contributed by atoms with E-state index in [9.17, 15) is 4.79 Å². The standard InChI is InChI=1S/C21H30N2O2/c24-21(14-17-12-18-6-7-19(13-17)22-18)23(20-9-11-25-15-20)10-8-16-4-2-1-3-5-16/h1-5,17-20,22H,6-15H2. The van der Waals surface area contributed by atoms with E-state index in [2.05, 4.69) is 34.5 Å². The molecular formula is C21H30N2O2. The lowest BCUT2D eigenvalue weighted by Crippen LogP contribution is -2.44. The van der Waals surface area contributed by atoms with Crippen LogP contribution < -0.4 is 5.32 Å². The van der Waals surface area contributed by atoms with Crippen LogP contribution in [0, 0.1) is 5.92 Å². The van der Waals surface area contributed by atoms with Crippen molar-refractivity contribution in [3.05, 3.63) is 35.9 Å². The zero-order valence-corrected chi connectivity index (χ0v) is 15.0. The number of nitrogens with zero attached hydrogens (tertiary/aromatic N) is 1. The van der Waals surface area contributed by atoms with Crippen molar-refractivity contribution in [2.24, 2.45) is 5.92 Å². The van der Waals surface area contributed by atoms with Gasteiger partial charge in [-0.25, -0.2) is 0 Å². The molecule has 3 aliphatic heterocycles. The van der Waals surface area contributed by atoms with Crippen LogP contribution in [0.3, 0.4) is 0 Å². The number of hydrogen-bond donors (Lipinski definition) is 1. The predicted octanol–water partition coefficient (Wildman–Crippen LogP) is 2.77. The summed E-state index contributed by atoms with van der Waals surface area (Å²) in [6, 6.07) is 12.1. The summed E-state index contributed by atoms with van der Waals surface area (Å²) in [5.41, 5.74) is 1.30. The molecule has 136 valence electrons. The molecule has 0 aliphatic carbocycles. The molecule has 2 bridgehead atoms. The Morgan fingerprint density at radius 1 is 1.12 bits per heavy atom. The van der Waals surface area contributed by atoms with Gasteiger partial charge >= 0.3 is 0 Å². The molecule has 1 aromatic carbocycles. The Labute approximate surface area is 150 Å². The van der Waals surface area contributed by atoms with Crippen molar-refractivity contribution in [1.29, 1.82) is 0 Å². The van der Waals surface area contributed by atoms with Gasteiger partial charge in [0.2, 0.25) is 5.91 Å². The van der Waals surface area contributed by atoms with Gasteiger partial charge in [-0.1, -0.05) is 30.3 Å². The Morgan fingerprint density at radius 2 is 1.88 bits per heavy atom. The molecule has 0 spiro atoms. The van der Waals surface area contributed by atoms with Crippen molar-refractivity contribution in [3.8, 4) is 0 Å². The minimum Gasteiger partial charge on any atom is -0.379 e. The summed E-state index contributed by atoms with van der Waals surface area (Å²) in [6.07, 6.45) is 7.58. The van der Waals surface area contributed by atoms with Crippen LogP contribution in [-0.2, 0) is 16.0 Å². The highest BCUT2D eigenvalue weighted by Gasteiger charge is 2.36. The summed E-state index contributed by atoms with van der Waals surface area (Å²) >= 11 is 0. The zero-order valence-electron chi connectivity index (χ0n) is 15.0. The third-order valence-electron chi connectivity index (χ3n) is 6.18. The number of nitrogens with one attached hydrogen (secondary N) is 1. The van der Waals surface area contributed by atoms with Gasteiger partial charge in [0.15, 0.2) is 0 Å². The monoisotopic (exact) mass is 342 g/mol. The van der Waals surface area contributed by atoms with Crippen LogP contribution in [0.25, 0.3) is 0 Å². The van der Waals surface area contributed by atoms with Gasteiger partial charge in [0, 0.05) is 31.7 Å². The largest absolute Gasteiger partial charge is 0.379 e. The molecule has 1 aromatic rings. The van der Waals surface area contributed by atoms with Crippen LogP contribution in [0.5, 0.6) is 0 Å². The molecule has 3 heterocycles. The quantitative estimate of drug-likeness (QED) is 0.864. The summed E-state index contributed by atoms with van der Waals surface area (Å²) in [5, 5.41) is 3.68. The lowest BCUT2D eigenvalue weighted by atomic mass is 9.89. The van der Waals surface area contributed by atoms with Crippen LogP contribution in [0.2, 0.25) is 0 Å². The molecule has 3 atom stereocenters. The Hall–Kier alpha value is -1.39. The van der Waals surface area contributed by atoms with E-state index in [1.807, 2.05) is 6.07 Å². The highest BCUT2D eigenvalue weighted by atomic mass is 16.5. The Balaban J connectivity index is 1.37. The van der Waals surface area contributed by atoms with Crippen molar-refractivity contribution in [3.63, 3.8) is 0 Å². The number of hydrogen-bond acceptors (Lipinski definition) is 3. The zero-order chi connectivity index (χ0) is 17.1. The van der Waals surface area contributed by atoms with E-state index in [0.29, 0.717) is 30.5 Å². The van der Waals surface area contributed by atoms with E-state index in [1.165, 1.54) is 31.2 Å². The van der Waals surface area contributed by atoms with Gasteiger partial charge in [0.1, 0.15) is 0 Å². The molecule has 4 heteroatoms. The van der Waals surface area contributed by atoms with Crippen molar-refractivity contribution >= 4 is 5.91 Å². The molecule has 1 amide bonds. The second-order valence-electron chi connectivity index (χ2n) is 8.02. The first-order valence-electron chi connectivity index (χ1n) is 9.95. The molecule has 3 aliphatic rings. The molecular weight excluding hydrogens is 312 g/mol. The Bertz CT molecular complexity index is 559. The average molecular weight is 342 g/mol. The highest BCUT2D eigenvalue weighted by Crippen LogP contribution is 2.33. The number of benzene rings is 1. The highest BCUT2D eigenvalue weighted by molar-refractivity contribution is 5.77. The first-order valence-corrected chi connectivity index (χ1v) is 9.95. The third-order valence-corrected chi connectivity index (χ3v) is 6.18. The van der Waals surface area contributed by atoms with Crippen LogP contribution >= 0.6 is 0 Å². The van der Waals surface area contributed by atoms with Crippen molar-refractivity contribution in [2.75, 3.05) is 19.8 Å². The van der Waals surface area contributed by atoms with E-state index in [-0.39, 0.29) is 6.04 Å². The second-order valence-corrected chi connectivity index (χ2v) is 8.02. The van der Waals surface area contributed by atoms with Gasteiger partial charge in [0.25, 0.3) is 0 Å². The summed E-state index contributed by atoms with van der Waals surface area (Å²) in [4.78, 5) is 15.2. The second kappa shape index (κ2) is 7.88. The topological polar surface area (TPSA) is 41.6 Å². The molecule has 0 saturated carbocycles. The van der Waals surface area contributed by atoms with Gasteiger partial charge in [0.05, 0.1) is 12.6 Å². The van der Waals surface area contributed by atoms with Crippen molar-refractivity contribution in [2.45, 2.75) is 63.1 Å². The lowest BCUT2D eigenvalue weighted by Gasteiger charge is -2.33. The maximum absolute atomic E-state index is 13.1. The molecule has 3 fully saturated rings.